The molecular formula is C7H13N5O. The van der Waals surface area contributed by atoms with Crippen LogP contribution in [0.25, 0.3) is 0 Å². The zero-order chi connectivity index (χ0) is 9.53. The quantitative estimate of drug-likeness (QED) is 0.615. The van der Waals surface area contributed by atoms with Gasteiger partial charge in [0.2, 0.25) is 0 Å². The Morgan fingerprint density at radius 2 is 2.31 bits per heavy atom. The van der Waals surface area contributed by atoms with Crippen molar-refractivity contribution in [1.29, 1.82) is 0 Å². The maximum Gasteiger partial charge on any atom is 0.196 e. The molecule has 72 valence electrons. The van der Waals surface area contributed by atoms with Gasteiger partial charge in [-0.15, -0.1) is 10.2 Å². The van der Waals surface area contributed by atoms with Crippen molar-refractivity contribution in [3.8, 4) is 0 Å². The van der Waals surface area contributed by atoms with Crippen molar-refractivity contribution < 1.29 is 4.74 Å². The third kappa shape index (κ3) is 1.42. The number of hydrogen-bond donors (Lipinski definition) is 2. The van der Waals surface area contributed by atoms with Crippen LogP contribution in [0.4, 0.5) is 0 Å². The molecule has 0 aromatic carbocycles. The maximum atomic E-state index is 6.09. The van der Waals surface area contributed by atoms with E-state index in [2.05, 4.69) is 20.6 Å². The molecule has 1 fully saturated rings. The highest BCUT2D eigenvalue weighted by Gasteiger charge is 2.45. The Labute approximate surface area is 75.8 Å². The van der Waals surface area contributed by atoms with Gasteiger partial charge in [-0.2, -0.15) is 5.21 Å². The Bertz CT molecular complexity index is 296. The second-order valence-corrected chi connectivity index (χ2v) is 4.12. The molecule has 0 spiro atoms. The van der Waals surface area contributed by atoms with Gasteiger partial charge in [0.1, 0.15) is 5.54 Å². The van der Waals surface area contributed by atoms with Gasteiger partial charge >= 0.3 is 0 Å². The highest BCUT2D eigenvalue weighted by atomic mass is 16.5. The Morgan fingerprint density at radius 3 is 2.77 bits per heavy atom. The number of nitrogens with two attached hydrogens (primary N) is 1. The van der Waals surface area contributed by atoms with Gasteiger partial charge in [-0.25, -0.2) is 0 Å². The summed E-state index contributed by atoms with van der Waals surface area (Å²) in [6.07, 6.45) is 0.708. The van der Waals surface area contributed by atoms with Crippen molar-refractivity contribution in [3.05, 3.63) is 5.82 Å². The van der Waals surface area contributed by atoms with Gasteiger partial charge in [0.15, 0.2) is 5.82 Å². The standard InChI is InChI=1S/C7H13N5O/c1-6(2)3-7(8,4-13-6)5-9-11-12-10-5/h3-4,8H2,1-2H3,(H,9,10,11,12). The third-order valence-electron chi connectivity index (χ3n) is 2.25. The van der Waals surface area contributed by atoms with Crippen LogP contribution in [-0.4, -0.2) is 32.8 Å². The third-order valence-corrected chi connectivity index (χ3v) is 2.25. The Balaban J connectivity index is 2.25. The van der Waals surface area contributed by atoms with Crippen LogP contribution in [-0.2, 0) is 10.3 Å². The van der Waals surface area contributed by atoms with Crippen LogP contribution in [0.5, 0.6) is 0 Å². The molecule has 1 aromatic heterocycles. The molecule has 0 radical (unpaired) electrons. The molecule has 0 saturated carbocycles. The van der Waals surface area contributed by atoms with Crippen molar-refractivity contribution in [2.45, 2.75) is 31.4 Å². The summed E-state index contributed by atoms with van der Waals surface area (Å²) in [6, 6.07) is 0. The zero-order valence-electron chi connectivity index (χ0n) is 7.74. The number of nitrogens with zero attached hydrogens (tertiary/aromatic N) is 3. The van der Waals surface area contributed by atoms with E-state index in [0.29, 0.717) is 18.9 Å². The monoisotopic (exact) mass is 183 g/mol. The molecule has 0 bridgehead atoms. The average molecular weight is 183 g/mol. The van der Waals surface area contributed by atoms with E-state index in [1.54, 1.807) is 0 Å². The molecule has 6 nitrogen and oxygen atoms in total. The zero-order valence-corrected chi connectivity index (χ0v) is 7.74. The largest absolute Gasteiger partial charge is 0.373 e. The molecule has 3 N–H and O–H groups in total. The lowest BCUT2D eigenvalue weighted by atomic mass is 9.91. The fourth-order valence-corrected chi connectivity index (χ4v) is 1.70. The van der Waals surface area contributed by atoms with Gasteiger partial charge in [-0.3, -0.25) is 0 Å². The van der Waals surface area contributed by atoms with Crippen LogP contribution >= 0.6 is 0 Å². The van der Waals surface area contributed by atoms with Crippen LogP contribution in [0, 0.1) is 0 Å². The molecule has 1 aliphatic heterocycles. The number of nitrogens with one attached hydrogen (secondary N) is 1. The van der Waals surface area contributed by atoms with Gasteiger partial charge in [0, 0.05) is 6.42 Å². The van der Waals surface area contributed by atoms with Crippen molar-refractivity contribution in [1.82, 2.24) is 20.6 Å². The number of aromatic amines is 1. The van der Waals surface area contributed by atoms with E-state index in [-0.39, 0.29) is 5.60 Å². The van der Waals surface area contributed by atoms with Gasteiger partial charge in [-0.1, -0.05) is 5.21 Å². The molecule has 13 heavy (non-hydrogen) atoms. The van der Waals surface area contributed by atoms with Crippen LogP contribution in [0.1, 0.15) is 26.1 Å². The molecule has 0 amide bonds. The average Bonchev–Trinajstić information content (AvgIpc) is 2.58. The summed E-state index contributed by atoms with van der Waals surface area (Å²) in [7, 11) is 0. The molecular weight excluding hydrogens is 170 g/mol. The van der Waals surface area contributed by atoms with E-state index >= 15 is 0 Å². The summed E-state index contributed by atoms with van der Waals surface area (Å²) >= 11 is 0. The second kappa shape index (κ2) is 2.49. The molecule has 1 aliphatic rings. The minimum Gasteiger partial charge on any atom is -0.373 e. The number of hydrogen-bond acceptors (Lipinski definition) is 5. The normalized spacial score (nSPS) is 32.2. The summed E-state index contributed by atoms with van der Waals surface area (Å²) in [5.74, 6) is 0.526. The summed E-state index contributed by atoms with van der Waals surface area (Å²) in [5, 5.41) is 13.6. The van der Waals surface area contributed by atoms with Gasteiger partial charge in [0.05, 0.1) is 12.2 Å². The predicted molar refractivity (Wildman–Crippen MR) is 44.7 cm³/mol. The predicted octanol–water partition coefficient (Wildman–Crippen LogP) is -0.447. The van der Waals surface area contributed by atoms with Crippen molar-refractivity contribution in [2.24, 2.45) is 5.73 Å². The maximum absolute atomic E-state index is 6.09. The smallest absolute Gasteiger partial charge is 0.196 e. The lowest BCUT2D eigenvalue weighted by molar-refractivity contribution is 0.0339. The minimum absolute atomic E-state index is 0.199. The molecule has 1 saturated heterocycles. The SMILES string of the molecule is CC1(C)CC(N)(c2nn[nH]n2)CO1. The minimum atomic E-state index is -0.587. The molecule has 2 rings (SSSR count). The van der Waals surface area contributed by atoms with E-state index in [1.165, 1.54) is 0 Å². The summed E-state index contributed by atoms with van der Waals surface area (Å²) < 4.78 is 5.53. The highest BCUT2D eigenvalue weighted by molar-refractivity contribution is 5.07. The van der Waals surface area contributed by atoms with E-state index < -0.39 is 5.54 Å². The molecule has 6 heteroatoms. The van der Waals surface area contributed by atoms with Crippen molar-refractivity contribution >= 4 is 0 Å². The van der Waals surface area contributed by atoms with Crippen LogP contribution in [0.15, 0.2) is 0 Å². The molecule has 2 heterocycles. The number of rotatable bonds is 1. The topological polar surface area (TPSA) is 89.7 Å². The van der Waals surface area contributed by atoms with Crippen LogP contribution < -0.4 is 5.73 Å². The van der Waals surface area contributed by atoms with Gasteiger partial charge in [-0.05, 0) is 13.8 Å². The second-order valence-electron chi connectivity index (χ2n) is 4.12. The first-order valence-electron chi connectivity index (χ1n) is 4.19. The summed E-state index contributed by atoms with van der Waals surface area (Å²) in [6.45, 7) is 4.45. The first kappa shape index (κ1) is 8.58. The van der Waals surface area contributed by atoms with Crippen molar-refractivity contribution in [2.75, 3.05) is 6.61 Å². The lowest BCUT2D eigenvalue weighted by Gasteiger charge is -2.19. The van der Waals surface area contributed by atoms with Crippen LogP contribution in [0.3, 0.4) is 0 Å². The number of H-pyrrole nitrogens is 1. The molecule has 0 aliphatic carbocycles. The van der Waals surface area contributed by atoms with E-state index in [9.17, 15) is 0 Å². The Hall–Kier alpha value is -1.01. The van der Waals surface area contributed by atoms with Gasteiger partial charge in [0.25, 0.3) is 0 Å². The summed E-state index contributed by atoms with van der Waals surface area (Å²) in [5.41, 5.74) is 5.30. The molecule has 1 atom stereocenters. The van der Waals surface area contributed by atoms with E-state index in [4.69, 9.17) is 10.5 Å². The number of tetrazole rings is 1. The van der Waals surface area contributed by atoms with E-state index in [1.807, 2.05) is 13.8 Å². The van der Waals surface area contributed by atoms with Crippen molar-refractivity contribution in [3.63, 3.8) is 0 Å². The molecule has 1 unspecified atom stereocenters. The van der Waals surface area contributed by atoms with Crippen LogP contribution in [0.2, 0.25) is 0 Å². The summed E-state index contributed by atoms with van der Waals surface area (Å²) in [4.78, 5) is 0. The fraction of sp³-hybridized carbons (Fsp3) is 0.857. The first-order chi connectivity index (χ1) is 6.02. The fourth-order valence-electron chi connectivity index (χ4n) is 1.70. The Morgan fingerprint density at radius 1 is 1.54 bits per heavy atom. The van der Waals surface area contributed by atoms with E-state index in [0.717, 1.165) is 0 Å². The highest BCUT2D eigenvalue weighted by Crippen LogP contribution is 2.35. The first-order valence-corrected chi connectivity index (χ1v) is 4.19. The van der Waals surface area contributed by atoms with Gasteiger partial charge < -0.3 is 10.5 Å². The Kier molecular flexibility index (Phi) is 1.64. The lowest BCUT2D eigenvalue weighted by Crippen LogP contribution is -2.39. The number of ether oxygens (including phenoxy) is 1. The number of aromatic nitrogens is 4. The molecule has 1 aromatic rings.